The molecule has 3 aliphatic rings. The summed E-state index contributed by atoms with van der Waals surface area (Å²) in [6, 6.07) is 17.1. The van der Waals surface area contributed by atoms with Gasteiger partial charge in [0, 0.05) is 43.2 Å². The second-order valence-corrected chi connectivity index (χ2v) is 17.3. The number of amides is 1. The molecule has 0 unspecified atom stereocenters. The van der Waals surface area contributed by atoms with Crippen LogP contribution in [-0.4, -0.2) is 76.7 Å². The number of aliphatic hydroxyl groups is 2. The highest BCUT2D eigenvalue weighted by Gasteiger charge is 2.65. The standard InChI is InChI=1S/C48H59ClF2N2O8/c1-5-25-59-48-43(53(46(56)57-26-22-49)30-32-16-18-35(50)19-17-32)29-41(52-61-47(2,3)4)38-27-33(12-8-10-23-54)37(14-9-11-24-55)44(45(38)48)39-28-36(20-21-42(39)60-48)58-31-34-13-6-7-15-40(34)51/h5-7,13,15-21,27-28,33,37,43-45,54-55H,1,8-12,14,22-26,29-31H2,2-4H3/t33-,37+,43-,44+,45+,48+/m0/s1. The van der Waals surface area contributed by atoms with E-state index in [0.717, 1.165) is 36.8 Å². The van der Waals surface area contributed by atoms with Gasteiger partial charge in [-0.05, 0) is 106 Å². The Morgan fingerprint density at radius 3 is 2.46 bits per heavy atom. The molecule has 1 saturated carbocycles. The van der Waals surface area contributed by atoms with Gasteiger partial charge in [-0.1, -0.05) is 60.5 Å². The fourth-order valence-corrected chi connectivity index (χ4v) is 9.08. The van der Waals surface area contributed by atoms with Crippen LogP contribution in [0, 0.1) is 29.4 Å². The predicted molar refractivity (Wildman–Crippen MR) is 231 cm³/mol. The molecular formula is C48H59ClF2N2O8. The van der Waals surface area contributed by atoms with E-state index >= 15 is 0 Å². The summed E-state index contributed by atoms with van der Waals surface area (Å²) < 4.78 is 55.3. The van der Waals surface area contributed by atoms with Crippen molar-refractivity contribution in [3.63, 3.8) is 0 Å². The third-order valence-corrected chi connectivity index (χ3v) is 11.8. The van der Waals surface area contributed by atoms with E-state index in [4.69, 9.17) is 40.5 Å². The average Bonchev–Trinajstić information content (AvgIpc) is 3.24. The van der Waals surface area contributed by atoms with Gasteiger partial charge in [0.2, 0.25) is 5.79 Å². The minimum absolute atomic E-state index is 0.00734. The predicted octanol–water partition coefficient (Wildman–Crippen LogP) is 9.85. The lowest BCUT2D eigenvalue weighted by atomic mass is 9.55. The molecule has 0 radical (unpaired) electrons. The SMILES string of the molecule is C=CCO[C@@]12Oc3ccc(OCc4ccccc4F)cc3[C@H]3[C@H](CCCCO)[C@@H](CCCCO)C=C(C(=NOC(C)(C)C)C[C@@H]1N(Cc1ccc(F)cc1)C(=O)OCCCl)[C@H]32. The molecule has 2 aliphatic carbocycles. The number of alkyl halides is 1. The van der Waals surface area contributed by atoms with E-state index in [1.807, 2.05) is 32.9 Å². The number of aliphatic hydroxyl groups excluding tert-OH is 2. The fraction of sp³-hybridized carbons (Fsp3) is 0.500. The number of benzene rings is 3. The quantitative estimate of drug-likeness (QED) is 0.0499. The van der Waals surface area contributed by atoms with Crippen LogP contribution in [0.25, 0.3) is 0 Å². The van der Waals surface area contributed by atoms with Gasteiger partial charge in [0.1, 0.15) is 48.0 Å². The van der Waals surface area contributed by atoms with E-state index in [1.54, 1.807) is 47.4 Å². The monoisotopic (exact) mass is 864 g/mol. The lowest BCUT2D eigenvalue weighted by Gasteiger charge is -2.60. The molecule has 1 amide bonds. The van der Waals surface area contributed by atoms with Crippen LogP contribution in [0.15, 0.2) is 96.2 Å². The van der Waals surface area contributed by atoms with Crippen molar-refractivity contribution in [3.8, 4) is 11.5 Å². The van der Waals surface area contributed by atoms with Crippen molar-refractivity contribution < 1.29 is 47.6 Å². The van der Waals surface area contributed by atoms with E-state index in [9.17, 15) is 23.8 Å². The number of fused-ring (bicyclic) bond motifs is 2. The number of carbonyl (C=O) groups is 1. The molecule has 1 fully saturated rings. The number of oxime groups is 1. The lowest BCUT2D eigenvalue weighted by Crippen LogP contribution is -2.70. The van der Waals surface area contributed by atoms with Crippen LogP contribution in [-0.2, 0) is 27.5 Å². The number of unbranched alkanes of at least 4 members (excludes halogenated alkanes) is 2. The Balaban J connectivity index is 1.60. The van der Waals surface area contributed by atoms with Crippen molar-refractivity contribution >= 4 is 23.4 Å². The first-order chi connectivity index (χ1) is 29.4. The number of carbonyl (C=O) groups excluding carboxylic acids is 1. The number of hydrogen-bond donors (Lipinski definition) is 2. The normalized spacial score (nSPS) is 23.6. The molecule has 1 aliphatic heterocycles. The Hall–Kier alpha value is -4.49. The van der Waals surface area contributed by atoms with Gasteiger partial charge in [-0.2, -0.15) is 0 Å². The summed E-state index contributed by atoms with van der Waals surface area (Å²) in [4.78, 5) is 22.2. The van der Waals surface area contributed by atoms with Crippen molar-refractivity contribution in [2.45, 2.75) is 102 Å². The minimum Gasteiger partial charge on any atom is -0.489 e. The van der Waals surface area contributed by atoms with Crippen LogP contribution in [0.2, 0.25) is 0 Å². The summed E-state index contributed by atoms with van der Waals surface area (Å²) in [5, 5.41) is 24.7. The molecule has 6 atom stereocenters. The van der Waals surface area contributed by atoms with Crippen molar-refractivity contribution in [2.24, 2.45) is 22.9 Å². The summed E-state index contributed by atoms with van der Waals surface area (Å²) in [5.74, 6) is -2.16. The molecule has 0 bridgehead atoms. The average molecular weight is 865 g/mol. The summed E-state index contributed by atoms with van der Waals surface area (Å²) in [6.07, 6.45) is 7.64. The van der Waals surface area contributed by atoms with Gasteiger partial charge in [0.05, 0.1) is 24.1 Å². The van der Waals surface area contributed by atoms with E-state index in [1.165, 1.54) is 18.2 Å². The van der Waals surface area contributed by atoms with Gasteiger partial charge < -0.3 is 34.0 Å². The Morgan fingerprint density at radius 2 is 1.77 bits per heavy atom. The summed E-state index contributed by atoms with van der Waals surface area (Å²) in [7, 11) is 0. The molecule has 0 aromatic heterocycles. The van der Waals surface area contributed by atoms with Gasteiger partial charge >= 0.3 is 6.09 Å². The van der Waals surface area contributed by atoms with Gasteiger partial charge in [-0.25, -0.2) is 13.6 Å². The Kier molecular flexibility index (Phi) is 15.9. The molecular weight excluding hydrogens is 806 g/mol. The van der Waals surface area contributed by atoms with Crippen LogP contribution < -0.4 is 9.47 Å². The lowest BCUT2D eigenvalue weighted by molar-refractivity contribution is -0.256. The third kappa shape index (κ3) is 10.9. The van der Waals surface area contributed by atoms with E-state index in [2.05, 4.69) is 12.7 Å². The fourth-order valence-electron chi connectivity index (χ4n) is 9.00. The minimum atomic E-state index is -1.56. The summed E-state index contributed by atoms with van der Waals surface area (Å²) in [6.45, 7) is 9.87. The highest BCUT2D eigenvalue weighted by Crippen LogP contribution is 2.62. The zero-order chi connectivity index (χ0) is 43.6. The molecule has 10 nitrogen and oxygen atoms in total. The molecule has 3 aromatic carbocycles. The van der Waals surface area contributed by atoms with Crippen LogP contribution in [0.4, 0.5) is 13.6 Å². The smallest absolute Gasteiger partial charge is 0.410 e. The van der Waals surface area contributed by atoms with Gasteiger partial charge in [-0.3, -0.25) is 4.90 Å². The van der Waals surface area contributed by atoms with Crippen molar-refractivity contribution in [3.05, 3.63) is 119 Å². The maximum absolute atomic E-state index is 14.7. The van der Waals surface area contributed by atoms with E-state index in [0.29, 0.717) is 41.2 Å². The van der Waals surface area contributed by atoms with Gasteiger partial charge in [0.25, 0.3) is 0 Å². The van der Waals surface area contributed by atoms with Crippen LogP contribution >= 0.6 is 11.6 Å². The topological polar surface area (TPSA) is 119 Å². The summed E-state index contributed by atoms with van der Waals surface area (Å²) >= 11 is 6.05. The first-order valence-electron chi connectivity index (χ1n) is 21.3. The van der Waals surface area contributed by atoms with Crippen molar-refractivity contribution in [2.75, 3.05) is 32.3 Å². The number of ether oxygens (including phenoxy) is 4. The Labute approximate surface area is 363 Å². The Bertz CT molecular complexity index is 2010. The first kappa shape index (κ1) is 46.0. The molecule has 2 N–H and O–H groups in total. The molecule has 1 heterocycles. The second kappa shape index (κ2) is 21.1. The molecule has 0 saturated heterocycles. The summed E-state index contributed by atoms with van der Waals surface area (Å²) in [5.41, 5.74) is 2.73. The molecule has 3 aromatic rings. The third-order valence-electron chi connectivity index (χ3n) is 11.6. The molecule has 330 valence electrons. The first-order valence-corrected chi connectivity index (χ1v) is 21.8. The van der Waals surface area contributed by atoms with Gasteiger partial charge in [-0.15, -0.1) is 18.2 Å². The highest BCUT2D eigenvalue weighted by molar-refractivity contribution is 6.18. The zero-order valence-corrected chi connectivity index (χ0v) is 36.1. The maximum Gasteiger partial charge on any atom is 0.410 e. The maximum atomic E-state index is 14.7. The molecule has 6 rings (SSSR count). The van der Waals surface area contributed by atoms with Crippen molar-refractivity contribution in [1.82, 2.24) is 4.90 Å². The number of halogens is 3. The van der Waals surface area contributed by atoms with Crippen LogP contribution in [0.1, 0.15) is 88.3 Å². The Morgan fingerprint density at radius 1 is 1.03 bits per heavy atom. The number of rotatable bonds is 20. The van der Waals surface area contributed by atoms with Crippen molar-refractivity contribution in [1.29, 1.82) is 0 Å². The highest BCUT2D eigenvalue weighted by atomic mass is 35.5. The molecule has 0 spiro atoms. The van der Waals surface area contributed by atoms with E-state index in [-0.39, 0.29) is 75.5 Å². The largest absolute Gasteiger partial charge is 0.489 e. The molecule has 61 heavy (non-hydrogen) atoms. The van der Waals surface area contributed by atoms with E-state index < -0.39 is 35.3 Å². The van der Waals surface area contributed by atoms with Crippen LogP contribution in [0.3, 0.4) is 0 Å². The van der Waals surface area contributed by atoms with Crippen LogP contribution in [0.5, 0.6) is 11.5 Å². The number of allylic oxidation sites excluding steroid dienone is 1. The van der Waals surface area contributed by atoms with Gasteiger partial charge in [0.15, 0.2) is 0 Å². The number of hydrogen-bond acceptors (Lipinski definition) is 9. The number of nitrogens with zero attached hydrogens (tertiary/aromatic N) is 2. The second-order valence-electron chi connectivity index (χ2n) is 16.9. The molecule has 13 heteroatoms. The zero-order valence-electron chi connectivity index (χ0n) is 35.4.